The van der Waals surface area contributed by atoms with Gasteiger partial charge < -0.3 is 9.47 Å². The van der Waals surface area contributed by atoms with Crippen molar-refractivity contribution in [2.75, 3.05) is 14.2 Å². The average molecular weight is 244 g/mol. The van der Waals surface area contributed by atoms with Crippen molar-refractivity contribution in [2.24, 2.45) is 0 Å². The van der Waals surface area contributed by atoms with Crippen LogP contribution in [0.5, 0.6) is 5.75 Å². The summed E-state index contributed by atoms with van der Waals surface area (Å²) in [6.07, 6.45) is 2.83. The van der Waals surface area contributed by atoms with Crippen molar-refractivity contribution in [3.63, 3.8) is 0 Å². The monoisotopic (exact) mass is 244 g/mol. The molecular formula is C14H14NO3. The lowest BCUT2D eigenvalue weighted by atomic mass is 9.98. The van der Waals surface area contributed by atoms with Crippen LogP contribution < -0.4 is 0 Å². The number of hydrogen-bond donors (Lipinski definition) is 0. The summed E-state index contributed by atoms with van der Waals surface area (Å²) in [6.45, 7) is 0. The highest BCUT2D eigenvalue weighted by Crippen LogP contribution is 2.34. The maximum Gasteiger partial charge on any atom is 0.223 e. The Bertz CT molecular complexity index is 509. The molecule has 0 aliphatic carbocycles. The third kappa shape index (κ3) is 2.08. The highest BCUT2D eigenvalue weighted by molar-refractivity contribution is 5.35. The molecule has 1 aromatic carbocycles. The van der Waals surface area contributed by atoms with Crippen molar-refractivity contribution >= 4 is 0 Å². The van der Waals surface area contributed by atoms with Gasteiger partial charge in [-0.05, 0) is 6.07 Å². The van der Waals surface area contributed by atoms with Gasteiger partial charge in [-0.15, -0.1) is 0 Å². The van der Waals surface area contributed by atoms with Crippen molar-refractivity contribution in [2.45, 2.75) is 5.79 Å². The fraction of sp³-hybridized carbons (Fsp3) is 0.214. The van der Waals surface area contributed by atoms with E-state index in [1.165, 1.54) is 26.5 Å². The van der Waals surface area contributed by atoms with Crippen molar-refractivity contribution in [3.8, 4) is 5.75 Å². The van der Waals surface area contributed by atoms with Crippen LogP contribution in [0, 0.1) is 0 Å². The summed E-state index contributed by atoms with van der Waals surface area (Å²) in [4.78, 5) is 3.90. The Kier molecular flexibility index (Phi) is 3.60. The number of rotatable bonds is 4. The number of benzene rings is 1. The van der Waals surface area contributed by atoms with Crippen molar-refractivity contribution in [1.82, 2.24) is 4.98 Å². The van der Waals surface area contributed by atoms with Crippen LogP contribution in [-0.2, 0) is 20.4 Å². The predicted octanol–water partition coefficient (Wildman–Crippen LogP) is 2.72. The normalized spacial score (nSPS) is 11.4. The molecule has 0 aliphatic heterocycles. The van der Waals surface area contributed by atoms with Gasteiger partial charge >= 0.3 is 0 Å². The van der Waals surface area contributed by atoms with Gasteiger partial charge in [-0.2, -0.15) is 0 Å². The minimum Gasteiger partial charge on any atom is -0.346 e. The summed E-state index contributed by atoms with van der Waals surface area (Å²) in [5, 5.41) is 11.4. The maximum atomic E-state index is 11.4. The molecule has 2 rings (SSSR count). The van der Waals surface area contributed by atoms with E-state index in [0.29, 0.717) is 5.56 Å². The zero-order valence-electron chi connectivity index (χ0n) is 10.3. The molecule has 0 fully saturated rings. The highest BCUT2D eigenvalue weighted by atomic mass is 16.7. The number of ether oxygens (including phenoxy) is 2. The zero-order valence-corrected chi connectivity index (χ0v) is 10.3. The van der Waals surface area contributed by atoms with Gasteiger partial charge in [0.25, 0.3) is 0 Å². The van der Waals surface area contributed by atoms with Gasteiger partial charge in [-0.3, -0.25) is 10.1 Å². The summed E-state index contributed by atoms with van der Waals surface area (Å²) in [5.41, 5.74) is 1.38. The molecule has 0 saturated carbocycles. The lowest BCUT2D eigenvalue weighted by molar-refractivity contribution is -0.184. The fourth-order valence-corrected chi connectivity index (χ4v) is 1.98. The molecule has 0 atom stereocenters. The molecule has 0 spiro atoms. The Morgan fingerprint density at radius 1 is 1.00 bits per heavy atom. The molecule has 1 aromatic heterocycles. The van der Waals surface area contributed by atoms with Crippen molar-refractivity contribution < 1.29 is 14.6 Å². The Hall–Kier alpha value is -1.91. The molecule has 18 heavy (non-hydrogen) atoms. The third-order valence-corrected chi connectivity index (χ3v) is 2.82. The summed E-state index contributed by atoms with van der Waals surface area (Å²) >= 11 is 0. The molecule has 2 aromatic rings. The van der Waals surface area contributed by atoms with E-state index in [9.17, 15) is 5.11 Å². The fourth-order valence-electron chi connectivity index (χ4n) is 1.98. The van der Waals surface area contributed by atoms with E-state index in [1.54, 1.807) is 6.20 Å². The van der Waals surface area contributed by atoms with Gasteiger partial charge in [0.2, 0.25) is 5.79 Å². The Morgan fingerprint density at radius 3 is 2.22 bits per heavy atom. The van der Waals surface area contributed by atoms with Crippen LogP contribution in [0.3, 0.4) is 0 Å². The zero-order chi connectivity index (χ0) is 13.0. The first kappa shape index (κ1) is 12.5. The molecule has 1 heterocycles. The average Bonchev–Trinajstić information content (AvgIpc) is 2.42. The largest absolute Gasteiger partial charge is 0.346 e. The molecule has 0 bridgehead atoms. The summed E-state index contributed by atoms with van der Waals surface area (Å²) in [7, 11) is 3.07. The number of pyridine rings is 1. The van der Waals surface area contributed by atoms with Crippen molar-refractivity contribution in [1.29, 1.82) is 0 Å². The van der Waals surface area contributed by atoms with Gasteiger partial charge in [-0.1, -0.05) is 30.3 Å². The number of hydrogen-bond acceptors (Lipinski definition) is 3. The highest BCUT2D eigenvalue weighted by Gasteiger charge is 2.35. The van der Waals surface area contributed by atoms with Gasteiger partial charge in [0.1, 0.15) is 0 Å². The summed E-state index contributed by atoms with van der Waals surface area (Å²) in [6, 6.07) is 10.9. The second-order valence-electron chi connectivity index (χ2n) is 3.80. The van der Waals surface area contributed by atoms with Crippen LogP contribution in [0.2, 0.25) is 0 Å². The molecular weight excluding hydrogens is 230 g/mol. The molecule has 0 unspecified atom stereocenters. The lowest BCUT2D eigenvalue weighted by Gasteiger charge is -2.31. The van der Waals surface area contributed by atoms with E-state index in [4.69, 9.17) is 9.47 Å². The van der Waals surface area contributed by atoms with E-state index >= 15 is 0 Å². The Balaban J connectivity index is 2.57. The van der Waals surface area contributed by atoms with Crippen molar-refractivity contribution in [3.05, 3.63) is 59.9 Å². The molecule has 0 aliphatic rings. The third-order valence-electron chi connectivity index (χ3n) is 2.82. The number of aromatic nitrogens is 1. The Labute approximate surface area is 106 Å². The second kappa shape index (κ2) is 5.16. The van der Waals surface area contributed by atoms with Crippen LogP contribution in [-0.4, -0.2) is 19.2 Å². The van der Waals surface area contributed by atoms with Crippen LogP contribution >= 0.6 is 0 Å². The first-order valence-corrected chi connectivity index (χ1v) is 5.51. The van der Waals surface area contributed by atoms with E-state index in [0.717, 1.165) is 5.56 Å². The minimum absolute atomic E-state index is 0.179. The predicted molar refractivity (Wildman–Crippen MR) is 65.6 cm³/mol. The minimum atomic E-state index is -1.10. The van der Waals surface area contributed by atoms with E-state index in [1.807, 2.05) is 30.3 Å². The molecule has 93 valence electrons. The first-order chi connectivity index (χ1) is 8.73. The first-order valence-electron chi connectivity index (χ1n) is 5.51. The van der Waals surface area contributed by atoms with Gasteiger partial charge in [0, 0.05) is 31.5 Å². The molecule has 0 N–H and O–H groups in total. The maximum absolute atomic E-state index is 11.4. The summed E-state index contributed by atoms with van der Waals surface area (Å²) in [5.74, 6) is -1.28. The molecule has 0 amide bonds. The molecule has 1 radical (unpaired) electrons. The number of methoxy groups -OCH3 is 2. The smallest absolute Gasteiger partial charge is 0.223 e. The second-order valence-corrected chi connectivity index (χ2v) is 3.80. The van der Waals surface area contributed by atoms with Crippen LogP contribution in [0.1, 0.15) is 11.1 Å². The van der Waals surface area contributed by atoms with Gasteiger partial charge in [0.15, 0.2) is 5.75 Å². The quantitative estimate of drug-likeness (QED) is 0.777. The van der Waals surface area contributed by atoms with Crippen LogP contribution in [0.4, 0.5) is 0 Å². The van der Waals surface area contributed by atoms with Crippen LogP contribution in [0.25, 0.3) is 0 Å². The standard InChI is InChI=1S/C14H14NO3/c1-17-14(18-2,11-6-4-3-5-7-11)12-8-13(16)10-15-9-12/h3-10H,1-2H3. The number of nitrogens with zero attached hydrogens (tertiary/aromatic N) is 1. The Morgan fingerprint density at radius 2 is 1.67 bits per heavy atom. The topological polar surface area (TPSA) is 51.2 Å². The van der Waals surface area contributed by atoms with E-state index < -0.39 is 5.79 Å². The van der Waals surface area contributed by atoms with E-state index in [-0.39, 0.29) is 5.75 Å². The molecule has 4 nitrogen and oxygen atoms in total. The van der Waals surface area contributed by atoms with E-state index in [2.05, 4.69) is 4.98 Å². The molecule has 0 saturated heterocycles. The van der Waals surface area contributed by atoms with Crippen LogP contribution in [0.15, 0.2) is 48.8 Å². The van der Waals surface area contributed by atoms with Gasteiger partial charge in [0.05, 0.1) is 6.20 Å². The SMILES string of the molecule is COC(OC)(c1ccccc1)c1cncc([O])c1. The summed E-state index contributed by atoms with van der Waals surface area (Å²) < 4.78 is 11.0. The molecule has 4 heteroatoms. The lowest BCUT2D eigenvalue weighted by Crippen LogP contribution is -2.32. The van der Waals surface area contributed by atoms with Gasteiger partial charge in [-0.25, -0.2) is 0 Å².